The molecule has 0 aliphatic carbocycles. The van der Waals surface area contributed by atoms with Gasteiger partial charge in [0.1, 0.15) is 11.3 Å². The minimum Gasteiger partial charge on any atom is -0.471 e. The third-order valence-corrected chi connectivity index (χ3v) is 2.77. The monoisotopic (exact) mass is 273 g/mol. The minimum atomic E-state index is -0.519. The van der Waals surface area contributed by atoms with Crippen LogP contribution in [0.4, 0.5) is 0 Å². The molecule has 5 nitrogen and oxygen atoms in total. The van der Waals surface area contributed by atoms with Crippen molar-refractivity contribution in [3.05, 3.63) is 52.9 Å². The molecule has 2 rings (SSSR count). The second-order valence-electron chi connectivity index (χ2n) is 4.38. The minimum absolute atomic E-state index is 0.319. The fourth-order valence-electron chi connectivity index (χ4n) is 1.87. The first-order valence-electron chi connectivity index (χ1n) is 6.13. The van der Waals surface area contributed by atoms with Crippen LogP contribution in [0.15, 0.2) is 46.1 Å². The number of rotatable bonds is 4. The molecule has 0 radical (unpaired) electrons. The number of ether oxygens (including phenoxy) is 1. The topological polar surface area (TPSA) is 68.5 Å². The molecule has 1 unspecified atom stereocenters. The van der Waals surface area contributed by atoms with Crippen molar-refractivity contribution in [2.75, 3.05) is 0 Å². The molecule has 0 saturated carbocycles. The van der Waals surface area contributed by atoms with Crippen LogP contribution < -0.4 is 15.7 Å². The van der Waals surface area contributed by atoms with Crippen molar-refractivity contribution in [3.8, 4) is 5.75 Å². The number of fused-ring (bicyclic) bond motifs is 1. The molecular weight excluding hydrogens is 258 g/mol. The van der Waals surface area contributed by atoms with E-state index in [0.29, 0.717) is 11.3 Å². The summed E-state index contributed by atoms with van der Waals surface area (Å²) >= 11 is 0. The van der Waals surface area contributed by atoms with E-state index >= 15 is 0 Å². The largest absolute Gasteiger partial charge is 0.471 e. The van der Waals surface area contributed by atoms with E-state index in [0.717, 1.165) is 10.9 Å². The molecule has 1 aromatic heterocycles. The Labute approximate surface area is 115 Å². The lowest BCUT2D eigenvalue weighted by Gasteiger charge is -2.15. The first kappa shape index (κ1) is 13.9. The van der Waals surface area contributed by atoms with Crippen LogP contribution in [-0.4, -0.2) is 12.1 Å². The van der Waals surface area contributed by atoms with Gasteiger partial charge >= 0.3 is 5.63 Å². The van der Waals surface area contributed by atoms with Gasteiger partial charge in [-0.05, 0) is 37.6 Å². The molecule has 0 bridgehead atoms. The van der Waals surface area contributed by atoms with Crippen LogP contribution in [0.5, 0.6) is 5.75 Å². The number of carbonyl (C=O) groups is 1. The van der Waals surface area contributed by atoms with Gasteiger partial charge < -0.3 is 14.5 Å². The third kappa shape index (κ3) is 3.06. The normalized spacial score (nSPS) is 11.9. The summed E-state index contributed by atoms with van der Waals surface area (Å²) in [6, 6.07) is 6.63. The fourth-order valence-corrected chi connectivity index (χ4v) is 1.87. The van der Waals surface area contributed by atoms with E-state index in [9.17, 15) is 9.59 Å². The number of benzene rings is 1. The van der Waals surface area contributed by atoms with Crippen LogP contribution in [-0.2, 0) is 4.79 Å². The lowest BCUT2D eigenvalue weighted by atomic mass is 10.1. The summed E-state index contributed by atoms with van der Waals surface area (Å²) < 4.78 is 10.7. The van der Waals surface area contributed by atoms with Gasteiger partial charge in [-0.15, -0.1) is 0 Å². The molecule has 1 heterocycles. The molecule has 0 aliphatic rings. The summed E-state index contributed by atoms with van der Waals surface area (Å²) in [6.45, 7) is 6.90. The van der Waals surface area contributed by atoms with Crippen molar-refractivity contribution in [2.45, 2.75) is 20.1 Å². The first-order chi connectivity index (χ1) is 9.49. The van der Waals surface area contributed by atoms with E-state index in [-0.39, 0.29) is 5.91 Å². The van der Waals surface area contributed by atoms with Gasteiger partial charge in [-0.1, -0.05) is 6.58 Å². The van der Waals surface area contributed by atoms with E-state index < -0.39 is 11.9 Å². The second-order valence-corrected chi connectivity index (χ2v) is 4.38. The Morgan fingerprint density at radius 2 is 2.20 bits per heavy atom. The van der Waals surface area contributed by atoms with Crippen LogP contribution in [0.3, 0.4) is 0 Å². The zero-order valence-corrected chi connectivity index (χ0v) is 11.3. The Balaban J connectivity index is 2.26. The van der Waals surface area contributed by atoms with Gasteiger partial charge in [0.05, 0.1) is 0 Å². The van der Waals surface area contributed by atoms with E-state index in [2.05, 4.69) is 11.9 Å². The molecule has 0 saturated heterocycles. The van der Waals surface area contributed by atoms with E-state index in [1.807, 2.05) is 13.0 Å². The third-order valence-electron chi connectivity index (χ3n) is 2.77. The highest BCUT2D eigenvalue weighted by Gasteiger charge is 2.08. The summed E-state index contributed by atoms with van der Waals surface area (Å²) in [5, 5.41) is 3.42. The Morgan fingerprint density at radius 1 is 1.45 bits per heavy atom. The predicted molar refractivity (Wildman–Crippen MR) is 75.7 cm³/mol. The molecule has 0 aliphatic heterocycles. The van der Waals surface area contributed by atoms with Gasteiger partial charge in [0.15, 0.2) is 6.23 Å². The second kappa shape index (κ2) is 5.61. The standard InChI is InChI=1S/C15H15NO4/c1-4-14(17)16-10(3)19-11-5-6-12-9(2)7-15(18)20-13(12)8-11/h4-8,10H,1H2,2-3H3,(H,16,17). The zero-order valence-electron chi connectivity index (χ0n) is 11.3. The highest BCUT2D eigenvalue weighted by molar-refractivity contribution is 5.87. The molecule has 104 valence electrons. The number of amides is 1. The van der Waals surface area contributed by atoms with Crippen molar-refractivity contribution in [1.82, 2.24) is 5.32 Å². The van der Waals surface area contributed by atoms with Crippen LogP contribution >= 0.6 is 0 Å². The van der Waals surface area contributed by atoms with Gasteiger partial charge in [0.25, 0.3) is 0 Å². The molecule has 1 aromatic carbocycles. The van der Waals surface area contributed by atoms with Crippen LogP contribution in [0.25, 0.3) is 11.0 Å². The molecule has 1 amide bonds. The van der Waals surface area contributed by atoms with Crippen LogP contribution in [0, 0.1) is 6.92 Å². The molecular formula is C15H15NO4. The smallest absolute Gasteiger partial charge is 0.336 e. The molecule has 0 fully saturated rings. The molecule has 1 atom stereocenters. The highest BCUT2D eigenvalue weighted by Crippen LogP contribution is 2.22. The number of hydrogen-bond donors (Lipinski definition) is 1. The quantitative estimate of drug-likeness (QED) is 0.526. The Morgan fingerprint density at radius 3 is 2.90 bits per heavy atom. The summed E-state index contributed by atoms with van der Waals surface area (Å²) in [5.74, 6) is 0.184. The first-order valence-corrected chi connectivity index (χ1v) is 6.13. The van der Waals surface area contributed by atoms with Gasteiger partial charge in [-0.2, -0.15) is 0 Å². The van der Waals surface area contributed by atoms with E-state index in [4.69, 9.17) is 9.15 Å². The lowest BCUT2D eigenvalue weighted by molar-refractivity contribution is -0.118. The van der Waals surface area contributed by atoms with Gasteiger partial charge in [0, 0.05) is 17.5 Å². The maximum atomic E-state index is 11.3. The van der Waals surface area contributed by atoms with Crippen molar-refractivity contribution < 1.29 is 13.9 Å². The number of hydrogen-bond acceptors (Lipinski definition) is 4. The van der Waals surface area contributed by atoms with Crippen molar-refractivity contribution >= 4 is 16.9 Å². The van der Waals surface area contributed by atoms with Crippen molar-refractivity contribution in [2.24, 2.45) is 0 Å². The zero-order chi connectivity index (χ0) is 14.7. The number of carbonyl (C=O) groups excluding carboxylic acids is 1. The molecule has 1 N–H and O–H groups in total. The number of aryl methyl sites for hydroxylation is 1. The summed E-state index contributed by atoms with van der Waals surface area (Å²) in [5.41, 5.74) is 0.894. The SMILES string of the molecule is C=CC(=O)NC(C)Oc1ccc2c(C)cc(=O)oc2c1. The van der Waals surface area contributed by atoms with Crippen molar-refractivity contribution in [3.63, 3.8) is 0 Å². The molecule has 5 heteroatoms. The average Bonchev–Trinajstić information content (AvgIpc) is 2.37. The molecule has 20 heavy (non-hydrogen) atoms. The Kier molecular flexibility index (Phi) is 3.89. The molecule has 0 spiro atoms. The van der Waals surface area contributed by atoms with E-state index in [1.54, 1.807) is 19.1 Å². The lowest BCUT2D eigenvalue weighted by Crippen LogP contribution is -2.35. The van der Waals surface area contributed by atoms with Crippen LogP contribution in [0.1, 0.15) is 12.5 Å². The van der Waals surface area contributed by atoms with Gasteiger partial charge in [-0.25, -0.2) is 4.79 Å². The summed E-state index contributed by atoms with van der Waals surface area (Å²) in [4.78, 5) is 22.5. The highest BCUT2D eigenvalue weighted by atomic mass is 16.5. The maximum absolute atomic E-state index is 11.3. The van der Waals surface area contributed by atoms with Crippen LogP contribution in [0.2, 0.25) is 0 Å². The predicted octanol–water partition coefficient (Wildman–Crippen LogP) is 2.13. The number of nitrogens with one attached hydrogen (secondary N) is 1. The van der Waals surface area contributed by atoms with Crippen molar-refractivity contribution in [1.29, 1.82) is 0 Å². The van der Waals surface area contributed by atoms with Gasteiger partial charge in [-0.3, -0.25) is 4.79 Å². The van der Waals surface area contributed by atoms with Gasteiger partial charge in [0.2, 0.25) is 5.91 Å². The Bertz CT molecular complexity index is 717. The Hall–Kier alpha value is -2.56. The maximum Gasteiger partial charge on any atom is 0.336 e. The summed E-state index contributed by atoms with van der Waals surface area (Å²) in [6.07, 6.45) is 0.650. The molecule has 2 aromatic rings. The summed E-state index contributed by atoms with van der Waals surface area (Å²) in [7, 11) is 0. The van der Waals surface area contributed by atoms with E-state index in [1.165, 1.54) is 12.1 Å². The fraction of sp³-hybridized carbons (Fsp3) is 0.200. The average molecular weight is 273 g/mol.